The summed E-state index contributed by atoms with van der Waals surface area (Å²) in [4.78, 5) is 10.7. The molecule has 0 amide bonds. The average molecular weight is 246 g/mol. The third-order valence-corrected chi connectivity index (χ3v) is 3.25. The largest absolute Gasteiger partial charge is 0.478 e. The lowest BCUT2D eigenvalue weighted by Gasteiger charge is -1.98. The molecular formula is C10H14O5S. The zero-order valence-corrected chi connectivity index (χ0v) is 10.0. The van der Waals surface area contributed by atoms with Crippen molar-refractivity contribution >= 4 is 16.8 Å². The fourth-order valence-corrected chi connectivity index (χ4v) is 2.19. The Morgan fingerprint density at radius 2 is 2.31 bits per heavy atom. The Balaban J connectivity index is 2.64. The molecule has 1 unspecified atom stereocenters. The Labute approximate surface area is 95.9 Å². The van der Waals surface area contributed by atoms with E-state index in [4.69, 9.17) is 14.3 Å². The van der Waals surface area contributed by atoms with E-state index in [-0.39, 0.29) is 11.3 Å². The highest BCUT2D eigenvalue weighted by Gasteiger charge is 2.14. The lowest BCUT2D eigenvalue weighted by atomic mass is 10.2. The van der Waals surface area contributed by atoms with E-state index in [1.807, 2.05) is 0 Å². The number of rotatable bonds is 6. The van der Waals surface area contributed by atoms with Gasteiger partial charge in [0.05, 0.1) is 12.4 Å². The number of hydrogen-bond donors (Lipinski definition) is 1. The van der Waals surface area contributed by atoms with Gasteiger partial charge in [-0.25, -0.2) is 4.79 Å². The number of hydrogen-bond acceptors (Lipinski definition) is 4. The van der Waals surface area contributed by atoms with Crippen LogP contribution >= 0.6 is 0 Å². The first-order valence-electron chi connectivity index (χ1n) is 4.71. The zero-order valence-electron chi connectivity index (χ0n) is 9.19. The van der Waals surface area contributed by atoms with Gasteiger partial charge in [0.1, 0.15) is 17.1 Å². The Hall–Kier alpha value is -1.14. The maximum atomic E-state index is 11.5. The van der Waals surface area contributed by atoms with Crippen LogP contribution in [0.3, 0.4) is 0 Å². The van der Waals surface area contributed by atoms with Crippen LogP contribution in [0, 0.1) is 6.92 Å². The van der Waals surface area contributed by atoms with Gasteiger partial charge in [0.2, 0.25) is 0 Å². The summed E-state index contributed by atoms with van der Waals surface area (Å²) >= 11 is 0. The predicted octanol–water partition coefficient (Wildman–Crippen LogP) is 1.18. The highest BCUT2D eigenvalue weighted by molar-refractivity contribution is 7.84. The van der Waals surface area contributed by atoms with Crippen LogP contribution in [0.25, 0.3) is 0 Å². The first-order chi connectivity index (χ1) is 7.54. The van der Waals surface area contributed by atoms with E-state index in [1.54, 1.807) is 6.92 Å². The number of ether oxygens (including phenoxy) is 1. The molecule has 0 aliphatic heterocycles. The van der Waals surface area contributed by atoms with Crippen LogP contribution in [0.1, 0.15) is 21.9 Å². The van der Waals surface area contributed by atoms with Crippen molar-refractivity contribution in [1.82, 2.24) is 0 Å². The van der Waals surface area contributed by atoms with Gasteiger partial charge in [-0.3, -0.25) is 4.21 Å². The summed E-state index contributed by atoms with van der Waals surface area (Å²) in [5, 5.41) is 8.80. The van der Waals surface area contributed by atoms with Crippen LogP contribution in [0.2, 0.25) is 0 Å². The van der Waals surface area contributed by atoms with Gasteiger partial charge in [-0.05, 0) is 13.0 Å². The summed E-state index contributed by atoms with van der Waals surface area (Å²) in [6, 6.07) is 1.42. The van der Waals surface area contributed by atoms with Gasteiger partial charge in [0, 0.05) is 23.7 Å². The van der Waals surface area contributed by atoms with Crippen molar-refractivity contribution in [2.45, 2.75) is 12.7 Å². The fourth-order valence-electron chi connectivity index (χ4n) is 1.23. The van der Waals surface area contributed by atoms with Crippen LogP contribution in [-0.2, 0) is 21.3 Å². The quantitative estimate of drug-likeness (QED) is 0.815. The topological polar surface area (TPSA) is 76.7 Å². The third kappa shape index (κ3) is 3.46. The maximum absolute atomic E-state index is 11.5. The van der Waals surface area contributed by atoms with Gasteiger partial charge >= 0.3 is 5.97 Å². The summed E-state index contributed by atoms with van der Waals surface area (Å²) in [6.07, 6.45) is 0. The van der Waals surface area contributed by atoms with Crippen molar-refractivity contribution < 1.29 is 23.3 Å². The molecular weight excluding hydrogens is 232 g/mol. The molecule has 0 bridgehead atoms. The number of methoxy groups -OCH3 is 1. The standard InChI is InChI=1S/C10H14O5S/c1-7-9(10(11)12)5-8(15-7)6-16(13)4-3-14-2/h5H,3-4,6H2,1-2H3,(H,11,12). The van der Waals surface area contributed by atoms with E-state index < -0.39 is 16.8 Å². The Kier molecular flexibility index (Phi) is 4.70. The number of aryl methyl sites for hydroxylation is 1. The molecule has 1 N–H and O–H groups in total. The monoisotopic (exact) mass is 246 g/mol. The second-order valence-electron chi connectivity index (χ2n) is 3.27. The number of carboxylic acid groups (broad SMARTS) is 1. The lowest BCUT2D eigenvalue weighted by Crippen LogP contribution is -2.05. The van der Waals surface area contributed by atoms with Crippen LogP contribution in [0.4, 0.5) is 0 Å². The van der Waals surface area contributed by atoms with E-state index in [0.29, 0.717) is 23.9 Å². The van der Waals surface area contributed by atoms with Crippen molar-refractivity contribution in [1.29, 1.82) is 0 Å². The minimum atomic E-state index is -1.09. The van der Waals surface area contributed by atoms with Crippen LogP contribution in [0.5, 0.6) is 0 Å². The first kappa shape index (κ1) is 12.9. The minimum Gasteiger partial charge on any atom is -0.478 e. The molecule has 5 nitrogen and oxygen atoms in total. The molecule has 0 spiro atoms. The molecule has 0 aliphatic carbocycles. The molecule has 1 heterocycles. The number of aromatic carboxylic acids is 1. The summed E-state index contributed by atoms with van der Waals surface area (Å²) in [6.45, 7) is 1.99. The van der Waals surface area contributed by atoms with Gasteiger partial charge in [-0.2, -0.15) is 0 Å². The van der Waals surface area contributed by atoms with E-state index in [9.17, 15) is 9.00 Å². The zero-order chi connectivity index (χ0) is 12.1. The van der Waals surface area contributed by atoms with Gasteiger partial charge in [0.25, 0.3) is 0 Å². The fraction of sp³-hybridized carbons (Fsp3) is 0.500. The molecule has 0 aliphatic rings. The number of carboxylic acids is 1. The summed E-state index contributed by atoms with van der Waals surface area (Å²) in [7, 11) is 0.448. The predicted molar refractivity (Wildman–Crippen MR) is 59.0 cm³/mol. The minimum absolute atomic E-state index is 0.124. The highest BCUT2D eigenvalue weighted by atomic mass is 32.2. The van der Waals surface area contributed by atoms with Crippen LogP contribution in [0.15, 0.2) is 10.5 Å². The molecule has 0 saturated heterocycles. The van der Waals surface area contributed by atoms with Crippen molar-refractivity contribution in [3.8, 4) is 0 Å². The average Bonchev–Trinajstić information content (AvgIpc) is 2.56. The van der Waals surface area contributed by atoms with Crippen LogP contribution < -0.4 is 0 Å². The SMILES string of the molecule is COCCS(=O)Cc1cc(C(=O)O)c(C)o1. The summed E-state index contributed by atoms with van der Waals surface area (Å²) < 4.78 is 21.5. The van der Waals surface area contributed by atoms with Gasteiger partial charge in [-0.1, -0.05) is 0 Å². The first-order valence-corrected chi connectivity index (χ1v) is 6.20. The molecule has 1 rings (SSSR count). The van der Waals surface area contributed by atoms with Crippen molar-refractivity contribution in [2.24, 2.45) is 0 Å². The molecule has 0 saturated carbocycles. The van der Waals surface area contributed by atoms with Gasteiger partial charge in [-0.15, -0.1) is 0 Å². The Morgan fingerprint density at radius 3 is 2.81 bits per heavy atom. The maximum Gasteiger partial charge on any atom is 0.339 e. The molecule has 1 atom stereocenters. The van der Waals surface area contributed by atoms with E-state index in [0.717, 1.165) is 0 Å². The van der Waals surface area contributed by atoms with Crippen molar-refractivity contribution in [3.63, 3.8) is 0 Å². The molecule has 0 aromatic carbocycles. The second kappa shape index (κ2) is 5.81. The van der Waals surface area contributed by atoms with Gasteiger partial charge < -0.3 is 14.3 Å². The summed E-state index contributed by atoms with van der Waals surface area (Å²) in [5.74, 6) is 0.376. The van der Waals surface area contributed by atoms with Crippen LogP contribution in [-0.4, -0.2) is 34.8 Å². The molecule has 90 valence electrons. The molecule has 16 heavy (non-hydrogen) atoms. The lowest BCUT2D eigenvalue weighted by molar-refractivity contribution is 0.0695. The van der Waals surface area contributed by atoms with Crippen molar-refractivity contribution in [3.05, 3.63) is 23.2 Å². The molecule has 1 aromatic rings. The number of furan rings is 1. The van der Waals surface area contributed by atoms with E-state index in [2.05, 4.69) is 0 Å². The van der Waals surface area contributed by atoms with Gasteiger partial charge in [0.15, 0.2) is 0 Å². The van der Waals surface area contributed by atoms with E-state index in [1.165, 1.54) is 13.2 Å². The Morgan fingerprint density at radius 1 is 1.62 bits per heavy atom. The second-order valence-corrected chi connectivity index (χ2v) is 4.85. The number of carbonyl (C=O) groups is 1. The molecule has 0 radical (unpaired) electrons. The Bertz CT molecular complexity index is 396. The molecule has 0 fully saturated rings. The highest BCUT2D eigenvalue weighted by Crippen LogP contribution is 2.16. The molecule has 6 heteroatoms. The van der Waals surface area contributed by atoms with E-state index >= 15 is 0 Å². The van der Waals surface area contributed by atoms with Crippen molar-refractivity contribution in [2.75, 3.05) is 19.5 Å². The third-order valence-electron chi connectivity index (χ3n) is 2.02. The smallest absolute Gasteiger partial charge is 0.339 e. The normalized spacial score (nSPS) is 12.6. The molecule has 1 aromatic heterocycles. The summed E-state index contributed by atoms with van der Waals surface area (Å²) in [5.41, 5.74) is 0.124.